The van der Waals surface area contributed by atoms with Crippen LogP contribution in [-0.4, -0.2) is 14.7 Å². The van der Waals surface area contributed by atoms with E-state index in [4.69, 9.17) is 0 Å². The van der Waals surface area contributed by atoms with E-state index >= 15 is 0 Å². The van der Waals surface area contributed by atoms with Gasteiger partial charge in [0.05, 0.1) is 10.4 Å². The second-order valence-electron chi connectivity index (χ2n) is 3.07. The van der Waals surface area contributed by atoms with Crippen molar-refractivity contribution in [1.82, 2.24) is 9.78 Å². The van der Waals surface area contributed by atoms with Gasteiger partial charge in [0.15, 0.2) is 0 Å². The van der Waals surface area contributed by atoms with Crippen molar-refractivity contribution in [3.63, 3.8) is 0 Å². The van der Waals surface area contributed by atoms with E-state index in [1.807, 2.05) is 11.6 Å². The maximum absolute atomic E-state index is 10.6. The van der Waals surface area contributed by atoms with Gasteiger partial charge >= 0.3 is 0 Å². The van der Waals surface area contributed by atoms with Gasteiger partial charge in [-0.15, -0.1) is 0 Å². The molecule has 0 unspecified atom stereocenters. The van der Waals surface area contributed by atoms with Gasteiger partial charge in [-0.1, -0.05) is 0 Å². The lowest BCUT2D eigenvalue weighted by Gasteiger charge is -1.96. The molecule has 15 heavy (non-hydrogen) atoms. The minimum absolute atomic E-state index is 0.107. The highest BCUT2D eigenvalue weighted by Gasteiger charge is 2.12. The molecule has 1 aromatic heterocycles. The number of hydrogen-bond acceptors (Lipinski definition) is 3. The van der Waals surface area contributed by atoms with E-state index < -0.39 is 4.92 Å². The Labute approximate surface area is 99.4 Å². The number of aromatic nitrogens is 2. The van der Waals surface area contributed by atoms with Gasteiger partial charge in [-0.25, -0.2) is 0 Å². The molecule has 0 fully saturated rings. The van der Waals surface area contributed by atoms with Crippen molar-refractivity contribution in [3.8, 4) is 0 Å². The van der Waals surface area contributed by atoms with E-state index in [-0.39, 0.29) is 5.69 Å². The van der Waals surface area contributed by atoms with Crippen LogP contribution in [0.3, 0.4) is 0 Å². The largest absolute Gasteiger partial charge is 0.270 e. The number of hydrogen-bond donors (Lipinski definition) is 0. The zero-order valence-electron chi connectivity index (χ0n) is 7.98. The first-order valence-corrected chi connectivity index (χ1v) is 5.52. The molecule has 0 bridgehead atoms. The number of aryl methyl sites for hydroxylation is 1. The number of nitro benzene ring substituents is 1. The molecule has 0 aliphatic carbocycles. The van der Waals surface area contributed by atoms with Crippen LogP contribution in [0, 0.1) is 13.8 Å². The third-order valence-electron chi connectivity index (χ3n) is 2.20. The number of rotatable bonds is 2. The number of non-ortho nitro benzene ring substituents is 1. The maximum atomic E-state index is 10.6. The molecule has 0 saturated heterocycles. The van der Waals surface area contributed by atoms with Crippen LogP contribution in [0.4, 0.5) is 5.69 Å². The Kier molecular flexibility index (Phi) is 2.59. The smallest absolute Gasteiger partial charge is 0.264 e. The Morgan fingerprint density at radius 3 is 2.93 bits per heavy atom. The van der Waals surface area contributed by atoms with Crippen LogP contribution >= 0.6 is 22.6 Å². The molecular formula is C9H8IN3O2. The lowest BCUT2D eigenvalue weighted by atomic mass is 10.2. The molecule has 2 aromatic rings. The number of halogens is 1. The summed E-state index contributed by atoms with van der Waals surface area (Å²) in [6, 6.07) is 4.81. The second-order valence-corrected chi connectivity index (χ2v) is 4.09. The fourth-order valence-corrected chi connectivity index (χ4v) is 2.18. The number of benzene rings is 1. The van der Waals surface area contributed by atoms with Crippen LogP contribution in [0.5, 0.6) is 0 Å². The summed E-state index contributed by atoms with van der Waals surface area (Å²) >= 11 is 2.09. The molecule has 1 aromatic carbocycles. The minimum Gasteiger partial charge on any atom is -0.264 e. The number of nitro groups is 1. The summed E-state index contributed by atoms with van der Waals surface area (Å²) in [6.45, 7) is 2.75. The Bertz CT molecular complexity index is 535. The summed E-state index contributed by atoms with van der Waals surface area (Å²) in [5, 5.41) is 15.7. The molecule has 0 atom stereocenters. The molecule has 0 N–H and O–H groups in total. The first-order valence-electron chi connectivity index (χ1n) is 4.44. The van der Waals surface area contributed by atoms with Gasteiger partial charge in [0, 0.05) is 24.1 Å². The highest BCUT2D eigenvalue weighted by atomic mass is 127. The highest BCUT2D eigenvalue weighted by Crippen LogP contribution is 2.24. The molecule has 1 heterocycles. The Hall–Kier alpha value is -1.18. The summed E-state index contributed by atoms with van der Waals surface area (Å²) in [4.78, 5) is 10.2. The molecule has 0 amide bonds. The molecule has 0 aliphatic heterocycles. The fraction of sp³-hybridized carbons (Fsp3) is 0.222. The van der Waals surface area contributed by atoms with Crippen LogP contribution in [-0.2, 0) is 6.54 Å². The Morgan fingerprint density at radius 1 is 1.60 bits per heavy atom. The van der Waals surface area contributed by atoms with Gasteiger partial charge in [-0.05, 0) is 35.6 Å². The number of nitrogens with zero attached hydrogens (tertiary/aromatic N) is 3. The normalized spacial score (nSPS) is 10.8. The predicted molar refractivity (Wildman–Crippen MR) is 64.8 cm³/mol. The summed E-state index contributed by atoms with van der Waals surface area (Å²) < 4.78 is 2.63. The number of fused-ring (bicyclic) bond motifs is 1. The summed E-state index contributed by atoms with van der Waals surface area (Å²) in [5.41, 5.74) is 1.04. The lowest BCUT2D eigenvalue weighted by Crippen LogP contribution is -1.95. The maximum Gasteiger partial charge on any atom is 0.270 e. The van der Waals surface area contributed by atoms with E-state index in [9.17, 15) is 10.1 Å². The van der Waals surface area contributed by atoms with Gasteiger partial charge in [0.2, 0.25) is 0 Å². The zero-order chi connectivity index (χ0) is 11.0. The van der Waals surface area contributed by atoms with Crippen molar-refractivity contribution in [2.45, 2.75) is 13.5 Å². The fourth-order valence-electron chi connectivity index (χ4n) is 1.48. The van der Waals surface area contributed by atoms with Crippen molar-refractivity contribution in [1.29, 1.82) is 0 Å². The molecule has 6 heteroatoms. The first-order chi connectivity index (χ1) is 7.13. The van der Waals surface area contributed by atoms with Gasteiger partial charge in [0.1, 0.15) is 3.70 Å². The molecule has 0 aliphatic rings. The summed E-state index contributed by atoms with van der Waals surface area (Å²) in [5.74, 6) is 0. The monoisotopic (exact) mass is 317 g/mol. The average Bonchev–Trinajstić information content (AvgIpc) is 2.55. The molecule has 0 saturated carbocycles. The van der Waals surface area contributed by atoms with Crippen molar-refractivity contribution in [2.75, 3.05) is 0 Å². The average molecular weight is 317 g/mol. The van der Waals surface area contributed by atoms with Crippen LogP contribution in [0.2, 0.25) is 0 Å². The molecule has 0 radical (unpaired) electrons. The van der Waals surface area contributed by atoms with Gasteiger partial charge < -0.3 is 0 Å². The first kappa shape index (κ1) is 10.3. The van der Waals surface area contributed by atoms with E-state index in [0.717, 1.165) is 21.1 Å². The second kappa shape index (κ2) is 3.76. The van der Waals surface area contributed by atoms with E-state index in [1.165, 1.54) is 6.07 Å². The quantitative estimate of drug-likeness (QED) is 0.486. The Balaban J connectivity index is 2.72. The van der Waals surface area contributed by atoms with Crippen molar-refractivity contribution in [3.05, 3.63) is 32.0 Å². The minimum atomic E-state index is -0.390. The zero-order valence-corrected chi connectivity index (χ0v) is 10.1. The standard InChI is InChI=1S/C9H8IN3O2/c1-2-12-8-4-3-6(13(14)15)5-7(8)9(10)11-12/h3-5H,2H2,1H3. The molecule has 5 nitrogen and oxygen atoms in total. The van der Waals surface area contributed by atoms with Crippen LogP contribution in [0.15, 0.2) is 18.2 Å². The third-order valence-corrected chi connectivity index (χ3v) is 3.00. The van der Waals surface area contributed by atoms with E-state index in [2.05, 4.69) is 27.7 Å². The van der Waals surface area contributed by atoms with E-state index in [1.54, 1.807) is 12.1 Å². The highest BCUT2D eigenvalue weighted by molar-refractivity contribution is 14.1. The topological polar surface area (TPSA) is 61.0 Å². The molecule has 2 rings (SSSR count). The Morgan fingerprint density at radius 2 is 2.33 bits per heavy atom. The SMILES string of the molecule is CCn1nc(I)c2cc([N+](=O)[O-])ccc21. The lowest BCUT2D eigenvalue weighted by molar-refractivity contribution is -0.384. The molecule has 78 valence electrons. The van der Waals surface area contributed by atoms with Gasteiger partial charge in [-0.3, -0.25) is 14.8 Å². The summed E-state index contributed by atoms with van der Waals surface area (Å²) in [7, 11) is 0. The molecular weight excluding hydrogens is 309 g/mol. The van der Waals surface area contributed by atoms with Crippen molar-refractivity contribution in [2.24, 2.45) is 0 Å². The molecule has 0 spiro atoms. The predicted octanol–water partition coefficient (Wildman–Crippen LogP) is 2.57. The van der Waals surface area contributed by atoms with Crippen LogP contribution in [0.1, 0.15) is 6.92 Å². The van der Waals surface area contributed by atoms with Gasteiger partial charge in [-0.2, -0.15) is 5.10 Å². The van der Waals surface area contributed by atoms with Crippen LogP contribution in [0.25, 0.3) is 10.9 Å². The summed E-state index contributed by atoms with van der Waals surface area (Å²) in [6.07, 6.45) is 0. The van der Waals surface area contributed by atoms with Crippen molar-refractivity contribution < 1.29 is 4.92 Å². The van der Waals surface area contributed by atoms with Crippen LogP contribution < -0.4 is 0 Å². The third kappa shape index (κ3) is 1.69. The van der Waals surface area contributed by atoms with Crippen molar-refractivity contribution >= 4 is 39.2 Å². The van der Waals surface area contributed by atoms with E-state index in [0.29, 0.717) is 0 Å². The van der Waals surface area contributed by atoms with Gasteiger partial charge in [0.25, 0.3) is 5.69 Å².